The van der Waals surface area contributed by atoms with Crippen molar-refractivity contribution in [2.75, 3.05) is 31.7 Å². The zero-order valence-corrected chi connectivity index (χ0v) is 10.0. The van der Waals surface area contributed by atoms with Crippen molar-refractivity contribution in [1.82, 2.24) is 4.90 Å². The van der Waals surface area contributed by atoms with Crippen molar-refractivity contribution in [3.63, 3.8) is 0 Å². The number of piperidine rings is 1. The molecule has 6 heteroatoms. The van der Waals surface area contributed by atoms with Crippen LogP contribution >= 0.6 is 11.8 Å². The average molecular weight is 245 g/mol. The lowest BCUT2D eigenvalue weighted by Crippen LogP contribution is -2.39. The second-order valence-electron chi connectivity index (χ2n) is 3.49. The van der Waals surface area contributed by atoms with Crippen molar-refractivity contribution < 1.29 is 19.1 Å². The number of ether oxygens (including phenoxy) is 1. The molecule has 0 aromatic rings. The molecule has 0 atom stereocenters. The number of rotatable bonds is 4. The molecular formula is C10H15NO4S. The van der Waals surface area contributed by atoms with Gasteiger partial charge in [0.25, 0.3) is 0 Å². The topological polar surface area (TPSA) is 63.7 Å². The molecule has 1 amide bonds. The van der Waals surface area contributed by atoms with E-state index in [0.717, 1.165) is 0 Å². The first-order valence-corrected chi connectivity index (χ1v) is 6.23. The minimum absolute atomic E-state index is 0.0126. The summed E-state index contributed by atoms with van der Waals surface area (Å²) in [6.07, 6.45) is 0.904. The predicted octanol–water partition coefficient (Wildman–Crippen LogP) is 0.0841. The lowest BCUT2D eigenvalue weighted by Gasteiger charge is -2.25. The largest absolute Gasteiger partial charge is 0.468 e. The number of hydrogen-bond donors (Lipinski definition) is 0. The molecular weight excluding hydrogens is 230 g/mol. The number of methoxy groups -OCH3 is 1. The van der Waals surface area contributed by atoms with Gasteiger partial charge >= 0.3 is 5.97 Å². The number of carbonyl (C=O) groups excluding carboxylic acids is 3. The Morgan fingerprint density at radius 3 is 2.50 bits per heavy atom. The summed E-state index contributed by atoms with van der Waals surface area (Å²) in [6, 6.07) is 0. The number of likely N-dealkylation sites (tertiary alicyclic amines) is 1. The van der Waals surface area contributed by atoms with Crippen LogP contribution in [0.25, 0.3) is 0 Å². The van der Waals surface area contributed by atoms with Gasteiger partial charge < -0.3 is 9.64 Å². The highest BCUT2D eigenvalue weighted by atomic mass is 32.2. The second kappa shape index (κ2) is 6.52. The molecule has 1 rings (SSSR count). The lowest BCUT2D eigenvalue weighted by atomic mass is 10.1. The molecule has 1 fully saturated rings. The Kier molecular flexibility index (Phi) is 5.31. The van der Waals surface area contributed by atoms with E-state index in [-0.39, 0.29) is 29.2 Å². The Morgan fingerprint density at radius 1 is 1.31 bits per heavy atom. The molecule has 0 saturated carbocycles. The summed E-state index contributed by atoms with van der Waals surface area (Å²) in [6.45, 7) is 1.02. The van der Waals surface area contributed by atoms with E-state index in [9.17, 15) is 14.4 Å². The number of amides is 1. The molecule has 0 aliphatic carbocycles. The summed E-state index contributed by atoms with van der Waals surface area (Å²) in [4.78, 5) is 35.1. The lowest BCUT2D eigenvalue weighted by molar-refractivity contribution is -0.137. The number of carbonyl (C=O) groups is 3. The van der Waals surface area contributed by atoms with Crippen molar-refractivity contribution in [2.45, 2.75) is 12.8 Å². The summed E-state index contributed by atoms with van der Waals surface area (Å²) >= 11 is 1.24. The molecule has 0 N–H and O–H groups in total. The Labute approximate surface area is 98.5 Å². The number of hydrogen-bond acceptors (Lipinski definition) is 5. The normalized spacial score (nSPS) is 16.1. The third-order valence-electron chi connectivity index (χ3n) is 2.35. The van der Waals surface area contributed by atoms with E-state index < -0.39 is 0 Å². The number of nitrogens with zero attached hydrogens (tertiary/aromatic N) is 1. The number of ketones is 1. The number of Topliss-reactive ketones (excluding diaryl/α,β-unsaturated/α-hetero) is 1. The highest BCUT2D eigenvalue weighted by molar-refractivity contribution is 8.00. The van der Waals surface area contributed by atoms with Gasteiger partial charge in [0.15, 0.2) is 0 Å². The SMILES string of the molecule is COC(=O)CSCC(=O)N1CCC(=O)CC1. The van der Waals surface area contributed by atoms with Crippen molar-refractivity contribution >= 4 is 29.4 Å². The molecule has 1 saturated heterocycles. The molecule has 0 spiro atoms. The summed E-state index contributed by atoms with van der Waals surface area (Å²) in [5.41, 5.74) is 0. The van der Waals surface area contributed by atoms with Crippen LogP contribution in [0.3, 0.4) is 0 Å². The molecule has 1 aliphatic heterocycles. The molecule has 0 aromatic heterocycles. The average Bonchev–Trinajstić information content (AvgIpc) is 2.29. The van der Waals surface area contributed by atoms with Gasteiger partial charge in [-0.05, 0) is 0 Å². The van der Waals surface area contributed by atoms with Crippen LogP contribution in [0.4, 0.5) is 0 Å². The molecule has 0 unspecified atom stereocenters. The van der Waals surface area contributed by atoms with Gasteiger partial charge in [-0.25, -0.2) is 0 Å². The fourth-order valence-electron chi connectivity index (χ4n) is 1.38. The quantitative estimate of drug-likeness (QED) is 0.657. The minimum Gasteiger partial charge on any atom is -0.468 e. The van der Waals surface area contributed by atoms with E-state index >= 15 is 0 Å². The summed E-state index contributed by atoms with van der Waals surface area (Å²) in [5.74, 6) is 0.331. The maximum atomic E-state index is 11.6. The predicted molar refractivity (Wildman–Crippen MR) is 60.2 cm³/mol. The van der Waals surface area contributed by atoms with E-state index in [0.29, 0.717) is 25.9 Å². The van der Waals surface area contributed by atoms with Gasteiger partial charge in [0.2, 0.25) is 5.91 Å². The van der Waals surface area contributed by atoms with Crippen LogP contribution < -0.4 is 0 Å². The fraction of sp³-hybridized carbons (Fsp3) is 0.700. The molecule has 0 aromatic carbocycles. The van der Waals surface area contributed by atoms with Crippen molar-refractivity contribution in [2.24, 2.45) is 0 Å². The molecule has 16 heavy (non-hydrogen) atoms. The van der Waals surface area contributed by atoms with Crippen molar-refractivity contribution in [3.05, 3.63) is 0 Å². The van der Waals surface area contributed by atoms with Crippen molar-refractivity contribution in [3.8, 4) is 0 Å². The highest BCUT2D eigenvalue weighted by Crippen LogP contribution is 2.09. The van der Waals surface area contributed by atoms with Gasteiger partial charge in [-0.3, -0.25) is 14.4 Å². The molecule has 1 aliphatic rings. The van der Waals surface area contributed by atoms with Crippen LogP contribution in [0.15, 0.2) is 0 Å². The standard InChI is InChI=1S/C10H15NO4S/c1-15-10(14)7-16-6-9(13)11-4-2-8(12)3-5-11/h2-7H2,1H3. The molecule has 90 valence electrons. The van der Waals surface area contributed by atoms with Gasteiger partial charge in [-0.15, -0.1) is 11.8 Å². The molecule has 0 radical (unpaired) electrons. The van der Waals surface area contributed by atoms with E-state index in [4.69, 9.17) is 0 Å². The Hall–Kier alpha value is -1.04. The minimum atomic E-state index is -0.327. The van der Waals surface area contributed by atoms with E-state index in [2.05, 4.69) is 4.74 Å². The summed E-state index contributed by atoms with van der Waals surface area (Å²) in [5, 5.41) is 0. The third-order valence-corrected chi connectivity index (χ3v) is 3.24. The van der Waals surface area contributed by atoms with E-state index in [1.165, 1.54) is 18.9 Å². The van der Waals surface area contributed by atoms with Gasteiger partial charge in [0, 0.05) is 25.9 Å². The Bertz CT molecular complexity index is 283. The zero-order valence-electron chi connectivity index (χ0n) is 9.23. The molecule has 5 nitrogen and oxygen atoms in total. The maximum Gasteiger partial charge on any atom is 0.315 e. The molecule has 0 bridgehead atoms. The second-order valence-corrected chi connectivity index (χ2v) is 4.47. The first-order chi connectivity index (χ1) is 7.63. The number of esters is 1. The smallest absolute Gasteiger partial charge is 0.315 e. The van der Waals surface area contributed by atoms with E-state index in [1.807, 2.05) is 0 Å². The van der Waals surface area contributed by atoms with E-state index in [1.54, 1.807) is 4.90 Å². The van der Waals surface area contributed by atoms with Crippen LogP contribution in [-0.4, -0.2) is 54.3 Å². The first kappa shape index (κ1) is 13.0. The third kappa shape index (κ3) is 4.22. The fourth-order valence-corrected chi connectivity index (χ4v) is 2.12. The molecule has 1 heterocycles. The van der Waals surface area contributed by atoms with Gasteiger partial charge in [0.05, 0.1) is 18.6 Å². The summed E-state index contributed by atoms with van der Waals surface area (Å²) in [7, 11) is 1.32. The van der Waals surface area contributed by atoms with Crippen LogP contribution in [0.2, 0.25) is 0 Å². The Balaban J connectivity index is 2.20. The van der Waals surface area contributed by atoms with Crippen LogP contribution in [0.1, 0.15) is 12.8 Å². The highest BCUT2D eigenvalue weighted by Gasteiger charge is 2.20. The zero-order chi connectivity index (χ0) is 12.0. The van der Waals surface area contributed by atoms with Gasteiger partial charge in [-0.1, -0.05) is 0 Å². The van der Waals surface area contributed by atoms with Gasteiger partial charge in [0.1, 0.15) is 5.78 Å². The van der Waals surface area contributed by atoms with Crippen LogP contribution in [0.5, 0.6) is 0 Å². The van der Waals surface area contributed by atoms with Gasteiger partial charge in [-0.2, -0.15) is 0 Å². The van der Waals surface area contributed by atoms with Crippen LogP contribution in [-0.2, 0) is 19.1 Å². The van der Waals surface area contributed by atoms with Crippen molar-refractivity contribution in [1.29, 1.82) is 0 Å². The van der Waals surface area contributed by atoms with Crippen LogP contribution in [0, 0.1) is 0 Å². The Morgan fingerprint density at radius 2 is 1.94 bits per heavy atom. The first-order valence-electron chi connectivity index (χ1n) is 5.07. The maximum absolute atomic E-state index is 11.6. The number of thioether (sulfide) groups is 1. The monoisotopic (exact) mass is 245 g/mol. The summed E-state index contributed by atoms with van der Waals surface area (Å²) < 4.78 is 4.46.